The van der Waals surface area contributed by atoms with Crippen molar-refractivity contribution in [3.8, 4) is 11.3 Å². The molecule has 0 atom stereocenters. The van der Waals surface area contributed by atoms with Crippen molar-refractivity contribution in [3.05, 3.63) is 63.4 Å². The highest BCUT2D eigenvalue weighted by atomic mass is 79.9. The summed E-state index contributed by atoms with van der Waals surface area (Å²) in [7, 11) is -3.67. The van der Waals surface area contributed by atoms with Crippen LogP contribution >= 0.6 is 27.3 Å². The van der Waals surface area contributed by atoms with Crippen LogP contribution in [0.5, 0.6) is 0 Å². The van der Waals surface area contributed by atoms with Gasteiger partial charge in [0, 0.05) is 14.9 Å². The van der Waals surface area contributed by atoms with E-state index in [1.807, 2.05) is 18.2 Å². The number of fused-ring (bicyclic) bond motifs is 3. The molecule has 0 aliphatic heterocycles. The summed E-state index contributed by atoms with van der Waals surface area (Å²) in [6.45, 7) is 0. The monoisotopic (exact) mass is 420 g/mol. The van der Waals surface area contributed by atoms with Crippen molar-refractivity contribution in [1.82, 2.24) is 4.98 Å². The molecule has 1 N–H and O–H groups in total. The number of nitrogens with zero attached hydrogens (tertiary/aromatic N) is 1. The second-order valence-electron chi connectivity index (χ2n) is 5.48. The third-order valence-corrected chi connectivity index (χ3v) is 7.45. The zero-order chi connectivity index (χ0) is 16.7. The Hall–Kier alpha value is -1.70. The minimum absolute atomic E-state index is 0.207. The lowest BCUT2D eigenvalue weighted by molar-refractivity contribution is 0.600. The number of nitrogens with one attached hydrogen (secondary N) is 1. The first-order valence-corrected chi connectivity index (χ1v) is 10.5. The van der Waals surface area contributed by atoms with E-state index >= 15 is 0 Å². The smallest absolute Gasteiger partial charge is 0.255 e. The molecular weight excluding hydrogens is 408 g/mol. The molecule has 1 aliphatic rings. The number of anilines is 1. The molecule has 0 bridgehead atoms. The standard InChI is InChI=1S/C17H13BrN2O2S2/c18-13-7-3-4-8-15(13)24(21,22)20-17-19-16-12-6-2-1-5-11(12)9-10-14(16)23-17/h1-8H,9-10H2,(H,19,20). The maximum atomic E-state index is 12.6. The van der Waals surface area contributed by atoms with E-state index in [0.717, 1.165) is 29.0 Å². The molecule has 0 fully saturated rings. The molecule has 1 heterocycles. The number of sulfonamides is 1. The number of thiazole rings is 1. The number of aryl methyl sites for hydroxylation is 2. The number of hydrogen-bond acceptors (Lipinski definition) is 4. The van der Waals surface area contributed by atoms with Gasteiger partial charge >= 0.3 is 0 Å². The highest BCUT2D eigenvalue weighted by molar-refractivity contribution is 9.10. The molecular formula is C17H13BrN2O2S2. The van der Waals surface area contributed by atoms with Gasteiger partial charge in [-0.1, -0.05) is 36.4 Å². The van der Waals surface area contributed by atoms with Gasteiger partial charge in [0.25, 0.3) is 10.0 Å². The maximum absolute atomic E-state index is 12.6. The molecule has 0 unspecified atom stereocenters. The highest BCUT2D eigenvalue weighted by Crippen LogP contribution is 2.38. The van der Waals surface area contributed by atoms with Crippen LogP contribution < -0.4 is 4.72 Å². The summed E-state index contributed by atoms with van der Waals surface area (Å²) >= 11 is 4.70. The van der Waals surface area contributed by atoms with Gasteiger partial charge < -0.3 is 0 Å². The molecule has 0 amide bonds. The van der Waals surface area contributed by atoms with Crippen LogP contribution in [0.3, 0.4) is 0 Å². The lowest BCUT2D eigenvalue weighted by atomic mass is 9.94. The van der Waals surface area contributed by atoms with E-state index in [9.17, 15) is 8.42 Å². The number of hydrogen-bond donors (Lipinski definition) is 1. The molecule has 4 nitrogen and oxygen atoms in total. The summed E-state index contributed by atoms with van der Waals surface area (Å²) in [4.78, 5) is 5.88. The highest BCUT2D eigenvalue weighted by Gasteiger charge is 2.24. The summed E-state index contributed by atoms with van der Waals surface area (Å²) < 4.78 is 28.4. The number of aromatic nitrogens is 1. The Kier molecular flexibility index (Phi) is 3.94. The van der Waals surface area contributed by atoms with Crippen molar-refractivity contribution in [1.29, 1.82) is 0 Å². The van der Waals surface area contributed by atoms with Crippen LogP contribution in [0.1, 0.15) is 10.4 Å². The van der Waals surface area contributed by atoms with Crippen molar-refractivity contribution in [2.45, 2.75) is 17.7 Å². The third-order valence-electron chi connectivity index (χ3n) is 3.94. The second-order valence-corrected chi connectivity index (χ2v) is 9.07. The topological polar surface area (TPSA) is 59.1 Å². The number of benzene rings is 2. The first kappa shape index (κ1) is 15.8. The van der Waals surface area contributed by atoms with E-state index in [1.54, 1.807) is 24.3 Å². The van der Waals surface area contributed by atoms with Crippen LogP contribution in [0.15, 0.2) is 57.9 Å². The summed E-state index contributed by atoms with van der Waals surface area (Å²) in [5.74, 6) is 0. The van der Waals surface area contributed by atoms with Crippen LogP contribution in [0.25, 0.3) is 11.3 Å². The fraction of sp³-hybridized carbons (Fsp3) is 0.118. The predicted molar refractivity (Wildman–Crippen MR) is 99.9 cm³/mol. The van der Waals surface area contributed by atoms with Gasteiger partial charge in [0.05, 0.1) is 5.69 Å². The Bertz CT molecular complexity index is 1030. The van der Waals surface area contributed by atoms with Gasteiger partial charge in [0.1, 0.15) is 4.90 Å². The summed E-state index contributed by atoms with van der Waals surface area (Å²) in [5.41, 5.74) is 3.25. The normalized spacial score (nSPS) is 13.2. The van der Waals surface area contributed by atoms with E-state index in [2.05, 4.69) is 31.7 Å². The molecule has 7 heteroatoms. The first-order chi connectivity index (χ1) is 11.5. The maximum Gasteiger partial charge on any atom is 0.264 e. The van der Waals surface area contributed by atoms with Crippen molar-refractivity contribution in [2.75, 3.05) is 4.72 Å². The molecule has 0 saturated carbocycles. The van der Waals surface area contributed by atoms with Gasteiger partial charge in [0.15, 0.2) is 5.13 Å². The molecule has 1 aromatic heterocycles. The fourth-order valence-corrected chi connectivity index (χ4v) is 6.04. The van der Waals surface area contributed by atoms with Gasteiger partial charge in [-0.05, 0) is 46.5 Å². The Morgan fingerprint density at radius 2 is 1.79 bits per heavy atom. The summed E-state index contributed by atoms with van der Waals surface area (Å²) in [6.07, 6.45) is 1.85. The van der Waals surface area contributed by atoms with Crippen LogP contribution in [0.2, 0.25) is 0 Å². The average Bonchev–Trinajstić information content (AvgIpc) is 2.97. The number of rotatable bonds is 3. The van der Waals surface area contributed by atoms with Crippen LogP contribution in [0, 0.1) is 0 Å². The Balaban J connectivity index is 1.71. The molecule has 3 aromatic rings. The van der Waals surface area contributed by atoms with Crippen molar-refractivity contribution >= 4 is 42.4 Å². The van der Waals surface area contributed by atoms with Crippen LogP contribution in [-0.2, 0) is 22.9 Å². The van der Waals surface area contributed by atoms with E-state index in [4.69, 9.17) is 0 Å². The zero-order valence-corrected chi connectivity index (χ0v) is 15.7. The quantitative estimate of drug-likeness (QED) is 0.679. The van der Waals surface area contributed by atoms with Gasteiger partial charge in [-0.15, -0.1) is 11.3 Å². The Morgan fingerprint density at radius 1 is 1.04 bits per heavy atom. The van der Waals surface area contributed by atoms with Crippen LogP contribution in [-0.4, -0.2) is 13.4 Å². The SMILES string of the molecule is O=S(=O)(Nc1nc2c(s1)CCc1ccccc1-2)c1ccccc1Br. The third kappa shape index (κ3) is 2.76. The molecule has 24 heavy (non-hydrogen) atoms. The van der Waals surface area contributed by atoms with Crippen molar-refractivity contribution in [2.24, 2.45) is 0 Å². The van der Waals surface area contributed by atoms with E-state index in [0.29, 0.717) is 9.60 Å². The molecule has 1 aliphatic carbocycles. The van der Waals surface area contributed by atoms with Crippen LogP contribution in [0.4, 0.5) is 5.13 Å². The molecule has 2 aromatic carbocycles. The second kappa shape index (κ2) is 5.98. The lowest BCUT2D eigenvalue weighted by Gasteiger charge is -2.13. The summed E-state index contributed by atoms with van der Waals surface area (Å²) in [5, 5.41) is 0.410. The average molecular weight is 421 g/mol. The van der Waals surface area contributed by atoms with Gasteiger partial charge in [-0.3, -0.25) is 4.72 Å². The lowest BCUT2D eigenvalue weighted by Crippen LogP contribution is -2.13. The Labute approximate surface area is 152 Å². The van der Waals surface area contributed by atoms with Gasteiger partial charge in [-0.25, -0.2) is 13.4 Å². The molecule has 0 spiro atoms. The molecule has 0 saturated heterocycles. The summed E-state index contributed by atoms with van der Waals surface area (Å²) in [6, 6.07) is 14.9. The number of halogens is 1. The fourth-order valence-electron chi connectivity index (χ4n) is 2.83. The van der Waals surface area contributed by atoms with E-state index < -0.39 is 10.0 Å². The minimum atomic E-state index is -3.67. The minimum Gasteiger partial charge on any atom is -0.255 e. The predicted octanol–water partition coefficient (Wildman–Crippen LogP) is 4.47. The first-order valence-electron chi connectivity index (χ1n) is 7.40. The van der Waals surface area contributed by atoms with Crippen molar-refractivity contribution < 1.29 is 8.42 Å². The van der Waals surface area contributed by atoms with E-state index in [1.165, 1.54) is 16.9 Å². The Morgan fingerprint density at radius 3 is 2.62 bits per heavy atom. The van der Waals surface area contributed by atoms with Crippen molar-refractivity contribution in [3.63, 3.8) is 0 Å². The van der Waals surface area contributed by atoms with E-state index in [-0.39, 0.29) is 4.90 Å². The molecule has 4 rings (SSSR count). The van der Waals surface area contributed by atoms with Gasteiger partial charge in [0.2, 0.25) is 0 Å². The van der Waals surface area contributed by atoms with Gasteiger partial charge in [-0.2, -0.15) is 0 Å². The largest absolute Gasteiger partial charge is 0.264 e. The molecule has 0 radical (unpaired) electrons. The zero-order valence-electron chi connectivity index (χ0n) is 12.5. The molecule has 122 valence electrons.